The number of aryl methyl sites for hydroxylation is 1. The first kappa shape index (κ1) is 23.8. The Labute approximate surface area is 197 Å². The number of hydrogen-bond donors (Lipinski definition) is 0. The van der Waals surface area contributed by atoms with Crippen LogP contribution in [0.25, 0.3) is 21.9 Å². The highest BCUT2D eigenvalue weighted by molar-refractivity contribution is 5.85. The smallest absolute Gasteiger partial charge is 0.387 e. The van der Waals surface area contributed by atoms with Crippen molar-refractivity contribution < 1.29 is 22.3 Å². The van der Waals surface area contributed by atoms with Crippen molar-refractivity contribution >= 4 is 10.8 Å². The van der Waals surface area contributed by atoms with Gasteiger partial charge in [-0.05, 0) is 76.9 Å². The second kappa shape index (κ2) is 10.7. The number of halogens is 4. The molecule has 0 aromatic heterocycles. The van der Waals surface area contributed by atoms with Gasteiger partial charge >= 0.3 is 6.61 Å². The summed E-state index contributed by atoms with van der Waals surface area (Å²) in [6.07, 6.45) is 3.72. The van der Waals surface area contributed by atoms with Crippen molar-refractivity contribution in [1.82, 2.24) is 0 Å². The molecule has 0 amide bonds. The van der Waals surface area contributed by atoms with Gasteiger partial charge in [0.1, 0.15) is 17.4 Å². The largest absolute Gasteiger partial charge is 0.435 e. The molecule has 1 nitrogen and oxygen atoms in total. The Morgan fingerprint density at radius 3 is 2.18 bits per heavy atom. The zero-order valence-corrected chi connectivity index (χ0v) is 18.9. The molecule has 176 valence electrons. The maximum absolute atomic E-state index is 14.8. The van der Waals surface area contributed by atoms with Crippen LogP contribution < -0.4 is 4.74 Å². The topological polar surface area (TPSA) is 9.23 Å². The summed E-state index contributed by atoms with van der Waals surface area (Å²) >= 11 is 0. The first-order valence-electron chi connectivity index (χ1n) is 11.4. The van der Waals surface area contributed by atoms with Crippen molar-refractivity contribution in [3.05, 3.63) is 102 Å². The quantitative estimate of drug-likeness (QED) is 0.177. The summed E-state index contributed by atoms with van der Waals surface area (Å²) < 4.78 is 58.6. The molecule has 0 aliphatic carbocycles. The Balaban J connectivity index is 1.38. The summed E-state index contributed by atoms with van der Waals surface area (Å²) in [5.41, 5.74) is 2.03. The molecule has 0 saturated heterocycles. The second-order valence-corrected chi connectivity index (χ2v) is 8.55. The van der Waals surface area contributed by atoms with Crippen LogP contribution in [0.1, 0.15) is 43.2 Å². The van der Waals surface area contributed by atoms with E-state index in [1.807, 2.05) is 19.1 Å². The van der Waals surface area contributed by atoms with E-state index >= 15 is 0 Å². The lowest BCUT2D eigenvalue weighted by molar-refractivity contribution is -0.0498. The van der Waals surface area contributed by atoms with Crippen LogP contribution in [0.5, 0.6) is 5.75 Å². The highest BCUT2D eigenvalue weighted by atomic mass is 19.3. The third-order valence-electron chi connectivity index (χ3n) is 6.21. The average Bonchev–Trinajstić information content (AvgIpc) is 2.82. The van der Waals surface area contributed by atoms with Gasteiger partial charge in [0, 0.05) is 0 Å². The Kier molecular flexibility index (Phi) is 7.51. The van der Waals surface area contributed by atoms with Crippen LogP contribution in [0, 0.1) is 11.6 Å². The van der Waals surface area contributed by atoms with Gasteiger partial charge in [-0.1, -0.05) is 67.9 Å². The Bertz CT molecular complexity index is 1220. The van der Waals surface area contributed by atoms with Crippen molar-refractivity contribution in [1.29, 1.82) is 0 Å². The molecule has 0 radical (unpaired) electrons. The molecule has 0 heterocycles. The maximum Gasteiger partial charge on any atom is 0.387 e. The molecule has 4 rings (SSSR count). The summed E-state index contributed by atoms with van der Waals surface area (Å²) in [4.78, 5) is 0. The molecule has 4 aromatic rings. The lowest BCUT2D eigenvalue weighted by Crippen LogP contribution is -2.02. The van der Waals surface area contributed by atoms with Crippen molar-refractivity contribution in [3.8, 4) is 16.9 Å². The Morgan fingerprint density at radius 1 is 0.794 bits per heavy atom. The van der Waals surface area contributed by atoms with Crippen molar-refractivity contribution in [3.63, 3.8) is 0 Å². The summed E-state index contributed by atoms with van der Waals surface area (Å²) in [6, 6.07) is 22.7. The van der Waals surface area contributed by atoms with E-state index in [2.05, 4.69) is 35.1 Å². The van der Waals surface area contributed by atoms with Crippen molar-refractivity contribution in [2.45, 2.75) is 45.1 Å². The van der Waals surface area contributed by atoms with Crippen LogP contribution >= 0.6 is 0 Å². The van der Waals surface area contributed by atoms with E-state index in [9.17, 15) is 17.6 Å². The second-order valence-electron chi connectivity index (χ2n) is 8.55. The van der Waals surface area contributed by atoms with E-state index in [-0.39, 0.29) is 22.8 Å². The number of alkyl halides is 2. The normalized spacial score (nSPS) is 12.3. The third kappa shape index (κ3) is 5.58. The van der Waals surface area contributed by atoms with E-state index in [0.29, 0.717) is 5.56 Å². The fourth-order valence-corrected chi connectivity index (χ4v) is 4.40. The average molecular weight is 467 g/mol. The highest BCUT2D eigenvalue weighted by Crippen LogP contribution is 2.32. The van der Waals surface area contributed by atoms with E-state index in [4.69, 9.17) is 0 Å². The molecule has 0 bridgehead atoms. The molecule has 4 aromatic carbocycles. The highest BCUT2D eigenvalue weighted by Gasteiger charge is 2.17. The molecule has 0 N–H and O–H groups in total. The Hall–Kier alpha value is -3.34. The summed E-state index contributed by atoms with van der Waals surface area (Å²) in [5, 5.41) is 2.50. The van der Waals surface area contributed by atoms with Gasteiger partial charge in [0.25, 0.3) is 0 Å². The van der Waals surface area contributed by atoms with Crippen LogP contribution in [0.15, 0.2) is 78.9 Å². The molecule has 0 spiro atoms. The number of ether oxygens (including phenoxy) is 1. The van der Waals surface area contributed by atoms with Gasteiger partial charge < -0.3 is 4.74 Å². The molecule has 0 saturated carbocycles. The van der Waals surface area contributed by atoms with Gasteiger partial charge in [-0.2, -0.15) is 8.78 Å². The lowest BCUT2D eigenvalue weighted by atomic mass is 9.91. The standard InChI is InChI=1S/C29H26F4O/c1-19(7-2-3-8-20-10-6-11-21-9-4-5-12-25(20)21)23-17-26(30)28(27(31)18-23)22-13-15-24(16-14-22)34-29(32)33/h4-6,9-19,29H,2-3,7-8H2,1H3. The number of hydrogen-bond acceptors (Lipinski definition) is 1. The Morgan fingerprint density at radius 2 is 1.47 bits per heavy atom. The summed E-state index contributed by atoms with van der Waals surface area (Å²) in [6.45, 7) is -0.977. The first-order chi connectivity index (χ1) is 16.4. The summed E-state index contributed by atoms with van der Waals surface area (Å²) in [5.74, 6) is -1.39. The lowest BCUT2D eigenvalue weighted by Gasteiger charge is -2.15. The van der Waals surface area contributed by atoms with E-state index < -0.39 is 18.2 Å². The van der Waals surface area contributed by atoms with Gasteiger partial charge in [-0.25, -0.2) is 8.78 Å². The van der Waals surface area contributed by atoms with E-state index in [1.54, 1.807) is 0 Å². The predicted octanol–water partition coefficient (Wildman–Crippen LogP) is 8.90. The van der Waals surface area contributed by atoms with Crippen molar-refractivity contribution in [2.24, 2.45) is 0 Å². The third-order valence-corrected chi connectivity index (χ3v) is 6.21. The number of benzene rings is 4. The molecule has 1 unspecified atom stereocenters. The predicted molar refractivity (Wildman–Crippen MR) is 128 cm³/mol. The van der Waals surface area contributed by atoms with Gasteiger partial charge in [-0.3, -0.25) is 0 Å². The molecule has 0 fully saturated rings. The molecule has 5 heteroatoms. The monoisotopic (exact) mass is 466 g/mol. The molecular weight excluding hydrogens is 440 g/mol. The van der Waals surface area contributed by atoms with Crippen LogP contribution in [0.2, 0.25) is 0 Å². The maximum atomic E-state index is 14.8. The number of fused-ring (bicyclic) bond motifs is 1. The van der Waals surface area contributed by atoms with Crippen molar-refractivity contribution in [2.75, 3.05) is 0 Å². The van der Waals surface area contributed by atoms with Gasteiger partial charge in [0.2, 0.25) is 0 Å². The summed E-state index contributed by atoms with van der Waals surface area (Å²) in [7, 11) is 0. The zero-order valence-electron chi connectivity index (χ0n) is 18.9. The fraction of sp³-hybridized carbons (Fsp3) is 0.241. The van der Waals surface area contributed by atoms with Gasteiger partial charge in [0.15, 0.2) is 0 Å². The minimum atomic E-state index is -2.95. The van der Waals surface area contributed by atoms with Crippen LogP contribution in [0.3, 0.4) is 0 Å². The molecule has 0 aliphatic heterocycles. The first-order valence-corrected chi connectivity index (χ1v) is 11.4. The van der Waals surface area contributed by atoms with Gasteiger partial charge in [-0.15, -0.1) is 0 Å². The van der Waals surface area contributed by atoms with Gasteiger partial charge in [0.05, 0.1) is 5.56 Å². The fourth-order valence-electron chi connectivity index (χ4n) is 4.40. The number of rotatable bonds is 9. The zero-order chi connectivity index (χ0) is 24.1. The minimum absolute atomic E-state index is 0.00684. The van der Waals surface area contributed by atoms with E-state index in [1.165, 1.54) is 52.7 Å². The number of unbranched alkanes of at least 4 members (excludes halogenated alkanes) is 1. The minimum Gasteiger partial charge on any atom is -0.435 e. The van der Waals surface area contributed by atoms with Crippen LogP contribution in [-0.2, 0) is 6.42 Å². The molecule has 0 aliphatic rings. The van der Waals surface area contributed by atoms with Crippen LogP contribution in [0.4, 0.5) is 17.6 Å². The molecule has 34 heavy (non-hydrogen) atoms. The van der Waals surface area contributed by atoms with E-state index in [0.717, 1.165) is 25.7 Å². The SMILES string of the molecule is CC(CCCCc1cccc2ccccc12)c1cc(F)c(-c2ccc(OC(F)F)cc2)c(F)c1. The molecule has 1 atom stereocenters. The molecular formula is C29H26F4O. The van der Waals surface area contributed by atoms with Crippen LogP contribution in [-0.4, -0.2) is 6.61 Å².